The molecule has 0 bridgehead atoms. The minimum Gasteiger partial charge on any atom is -0.508 e. The van der Waals surface area contributed by atoms with Gasteiger partial charge in [0.25, 0.3) is 0 Å². The van der Waals surface area contributed by atoms with Gasteiger partial charge in [-0.15, -0.1) is 0 Å². The second-order valence-corrected chi connectivity index (χ2v) is 4.36. The number of phenolic OH excluding ortho intramolecular Hbond substituents is 1. The topological polar surface area (TPSA) is 87.8 Å². The molecule has 1 aromatic carbocycles. The third-order valence-corrected chi connectivity index (χ3v) is 2.64. The smallest absolute Gasteiger partial charge is 0.181 e. The zero-order chi connectivity index (χ0) is 12.4. The van der Waals surface area contributed by atoms with Crippen LogP contribution in [0.2, 0.25) is 0 Å². The van der Waals surface area contributed by atoms with Crippen LogP contribution in [0.4, 0.5) is 0 Å². The van der Waals surface area contributed by atoms with E-state index in [0.717, 1.165) is 5.56 Å². The molecule has 0 saturated heterocycles. The van der Waals surface area contributed by atoms with Crippen LogP contribution >= 0.6 is 0 Å². The normalized spacial score (nSPS) is 12.9. The van der Waals surface area contributed by atoms with Gasteiger partial charge in [-0.25, -0.2) is 4.98 Å². The van der Waals surface area contributed by atoms with Crippen LogP contribution in [-0.2, 0) is 0 Å². The van der Waals surface area contributed by atoms with Crippen LogP contribution in [0.5, 0.6) is 5.75 Å². The van der Waals surface area contributed by atoms with Crippen molar-refractivity contribution in [3.63, 3.8) is 0 Å². The highest BCUT2D eigenvalue weighted by Crippen LogP contribution is 2.22. The summed E-state index contributed by atoms with van der Waals surface area (Å²) in [5.41, 5.74) is 6.74. The van der Waals surface area contributed by atoms with Gasteiger partial charge in [-0.05, 0) is 18.1 Å². The van der Waals surface area contributed by atoms with Gasteiger partial charge in [-0.3, -0.25) is 5.10 Å². The van der Waals surface area contributed by atoms with E-state index >= 15 is 0 Å². The van der Waals surface area contributed by atoms with E-state index in [1.165, 1.54) is 0 Å². The van der Waals surface area contributed by atoms with Crippen molar-refractivity contribution in [2.24, 2.45) is 11.7 Å². The number of aromatic nitrogens is 3. The fourth-order valence-electron chi connectivity index (χ4n) is 1.51. The number of nitrogens with zero attached hydrogens (tertiary/aromatic N) is 2. The first-order chi connectivity index (χ1) is 8.08. The molecule has 5 heteroatoms. The first-order valence-electron chi connectivity index (χ1n) is 5.55. The minimum atomic E-state index is -0.159. The standard InChI is InChI=1S/C12H16N4O/c1-7(2)10(13)12-14-11(15-16-12)8-4-3-5-9(17)6-8/h3-7,10,17H,13H2,1-2H3,(H,14,15,16)/t10-/m1/s1. The van der Waals surface area contributed by atoms with Crippen molar-refractivity contribution in [3.05, 3.63) is 30.1 Å². The lowest BCUT2D eigenvalue weighted by Crippen LogP contribution is -2.18. The minimum absolute atomic E-state index is 0.159. The second-order valence-electron chi connectivity index (χ2n) is 4.36. The predicted molar refractivity (Wildman–Crippen MR) is 65.2 cm³/mol. The molecule has 1 atom stereocenters. The van der Waals surface area contributed by atoms with Gasteiger partial charge in [0.2, 0.25) is 0 Å². The number of benzene rings is 1. The molecule has 0 aliphatic carbocycles. The van der Waals surface area contributed by atoms with E-state index in [-0.39, 0.29) is 11.8 Å². The van der Waals surface area contributed by atoms with Crippen molar-refractivity contribution in [1.82, 2.24) is 15.2 Å². The highest BCUT2D eigenvalue weighted by molar-refractivity contribution is 5.56. The summed E-state index contributed by atoms with van der Waals surface area (Å²) < 4.78 is 0. The van der Waals surface area contributed by atoms with E-state index in [4.69, 9.17) is 5.73 Å². The Morgan fingerprint density at radius 2 is 2.12 bits per heavy atom. The summed E-state index contributed by atoms with van der Waals surface area (Å²) in [6, 6.07) is 6.66. The Kier molecular flexibility index (Phi) is 3.10. The van der Waals surface area contributed by atoms with Crippen LogP contribution in [0, 0.1) is 5.92 Å². The molecule has 4 N–H and O–H groups in total. The van der Waals surface area contributed by atoms with E-state index in [2.05, 4.69) is 15.2 Å². The van der Waals surface area contributed by atoms with Gasteiger partial charge in [0.05, 0.1) is 6.04 Å². The highest BCUT2D eigenvalue weighted by atomic mass is 16.3. The average molecular weight is 232 g/mol. The van der Waals surface area contributed by atoms with Crippen molar-refractivity contribution in [2.45, 2.75) is 19.9 Å². The van der Waals surface area contributed by atoms with Crippen LogP contribution in [-0.4, -0.2) is 20.3 Å². The third kappa shape index (κ3) is 2.45. The zero-order valence-corrected chi connectivity index (χ0v) is 9.88. The number of rotatable bonds is 3. The fraction of sp³-hybridized carbons (Fsp3) is 0.333. The lowest BCUT2D eigenvalue weighted by molar-refractivity contribution is 0.475. The lowest BCUT2D eigenvalue weighted by atomic mass is 10.1. The number of aromatic hydroxyl groups is 1. The molecule has 17 heavy (non-hydrogen) atoms. The van der Waals surface area contributed by atoms with Crippen molar-refractivity contribution >= 4 is 0 Å². The van der Waals surface area contributed by atoms with Gasteiger partial charge in [0.1, 0.15) is 11.6 Å². The second kappa shape index (κ2) is 4.55. The maximum Gasteiger partial charge on any atom is 0.181 e. The lowest BCUT2D eigenvalue weighted by Gasteiger charge is -2.11. The van der Waals surface area contributed by atoms with Crippen LogP contribution in [0.3, 0.4) is 0 Å². The highest BCUT2D eigenvalue weighted by Gasteiger charge is 2.15. The molecule has 0 spiro atoms. The molecule has 2 rings (SSSR count). The molecule has 1 heterocycles. The maximum atomic E-state index is 9.39. The molecular weight excluding hydrogens is 216 g/mol. The van der Waals surface area contributed by atoms with E-state index in [1.54, 1.807) is 18.2 Å². The Balaban J connectivity index is 2.30. The van der Waals surface area contributed by atoms with Gasteiger partial charge in [0, 0.05) is 5.56 Å². The molecule has 0 amide bonds. The summed E-state index contributed by atoms with van der Waals surface area (Å²) in [7, 11) is 0. The Hall–Kier alpha value is -1.88. The monoisotopic (exact) mass is 232 g/mol. The molecule has 0 aliphatic heterocycles. The van der Waals surface area contributed by atoms with Crippen molar-refractivity contribution < 1.29 is 5.11 Å². The molecule has 0 saturated carbocycles. The first-order valence-corrected chi connectivity index (χ1v) is 5.55. The van der Waals surface area contributed by atoms with Gasteiger partial charge in [-0.1, -0.05) is 26.0 Å². The Bertz CT molecular complexity index is 507. The molecule has 0 radical (unpaired) electrons. The largest absolute Gasteiger partial charge is 0.508 e. The summed E-state index contributed by atoms with van der Waals surface area (Å²) in [6.07, 6.45) is 0. The van der Waals surface area contributed by atoms with Gasteiger partial charge in [0.15, 0.2) is 5.82 Å². The average Bonchev–Trinajstić information content (AvgIpc) is 2.77. The zero-order valence-electron chi connectivity index (χ0n) is 9.88. The summed E-state index contributed by atoms with van der Waals surface area (Å²) >= 11 is 0. The Morgan fingerprint density at radius 3 is 2.76 bits per heavy atom. The summed E-state index contributed by atoms with van der Waals surface area (Å²) in [5, 5.41) is 16.3. The van der Waals surface area contributed by atoms with Crippen LogP contribution in [0.25, 0.3) is 11.4 Å². The van der Waals surface area contributed by atoms with Gasteiger partial charge in [-0.2, -0.15) is 5.10 Å². The van der Waals surface area contributed by atoms with Gasteiger partial charge < -0.3 is 10.8 Å². The molecule has 5 nitrogen and oxygen atoms in total. The summed E-state index contributed by atoms with van der Waals surface area (Å²) in [4.78, 5) is 4.34. The SMILES string of the molecule is CC(C)[C@@H](N)c1nc(-c2cccc(O)c2)n[nH]1. The number of hydrogen-bond acceptors (Lipinski definition) is 4. The Morgan fingerprint density at radius 1 is 1.35 bits per heavy atom. The third-order valence-electron chi connectivity index (χ3n) is 2.64. The Labute approximate surface area is 99.7 Å². The number of hydrogen-bond donors (Lipinski definition) is 3. The molecule has 0 fully saturated rings. The number of nitrogens with two attached hydrogens (primary N) is 1. The fourth-order valence-corrected chi connectivity index (χ4v) is 1.51. The molecular formula is C12H16N4O. The number of nitrogens with one attached hydrogen (secondary N) is 1. The molecule has 0 unspecified atom stereocenters. The van der Waals surface area contributed by atoms with Crippen LogP contribution < -0.4 is 5.73 Å². The van der Waals surface area contributed by atoms with Gasteiger partial charge >= 0.3 is 0 Å². The van der Waals surface area contributed by atoms with E-state index in [9.17, 15) is 5.11 Å². The van der Waals surface area contributed by atoms with Crippen LogP contribution in [0.15, 0.2) is 24.3 Å². The van der Waals surface area contributed by atoms with E-state index < -0.39 is 0 Å². The first kappa shape index (κ1) is 11.6. The molecule has 90 valence electrons. The van der Waals surface area contributed by atoms with Crippen molar-refractivity contribution in [3.8, 4) is 17.1 Å². The summed E-state index contributed by atoms with van der Waals surface area (Å²) in [5.74, 6) is 1.70. The maximum absolute atomic E-state index is 9.39. The number of H-pyrrole nitrogens is 1. The summed E-state index contributed by atoms with van der Waals surface area (Å²) in [6.45, 7) is 4.06. The quantitative estimate of drug-likeness (QED) is 0.753. The number of phenols is 1. The predicted octanol–water partition coefficient (Wildman–Crippen LogP) is 1.83. The van der Waals surface area contributed by atoms with E-state index in [0.29, 0.717) is 17.6 Å². The van der Waals surface area contributed by atoms with E-state index in [1.807, 2.05) is 19.9 Å². The van der Waals surface area contributed by atoms with Crippen molar-refractivity contribution in [2.75, 3.05) is 0 Å². The van der Waals surface area contributed by atoms with Crippen LogP contribution in [0.1, 0.15) is 25.7 Å². The molecule has 1 aromatic heterocycles. The van der Waals surface area contributed by atoms with Crippen molar-refractivity contribution in [1.29, 1.82) is 0 Å². The molecule has 0 aliphatic rings. The number of aromatic amines is 1. The molecule has 2 aromatic rings.